The van der Waals surface area contributed by atoms with E-state index in [1.54, 1.807) is 7.11 Å². The normalized spacial score (nSPS) is 17.9. The molecule has 1 heterocycles. The molecule has 0 aromatic carbocycles. The van der Waals surface area contributed by atoms with Gasteiger partial charge in [-0.05, 0) is 30.7 Å². The van der Waals surface area contributed by atoms with Crippen LogP contribution in [-0.2, 0) is 0 Å². The number of pyridine rings is 1. The average Bonchev–Trinajstić information content (AvgIpc) is 3.02. The van der Waals surface area contributed by atoms with Crippen LogP contribution in [0, 0.1) is 11.8 Å². The zero-order valence-electron chi connectivity index (χ0n) is 9.73. The molecule has 1 aromatic heterocycles. The van der Waals surface area contributed by atoms with E-state index in [2.05, 4.69) is 24.9 Å². The zero-order chi connectivity index (χ0) is 10.8. The van der Waals surface area contributed by atoms with E-state index in [0.717, 1.165) is 11.7 Å². The van der Waals surface area contributed by atoms with Crippen molar-refractivity contribution >= 4 is 0 Å². The highest BCUT2D eigenvalue weighted by Gasteiger charge is 2.35. The fourth-order valence-corrected chi connectivity index (χ4v) is 2.32. The number of rotatable bonds is 4. The Morgan fingerprint density at radius 1 is 1.40 bits per heavy atom. The van der Waals surface area contributed by atoms with Gasteiger partial charge in [-0.15, -0.1) is 0 Å². The van der Waals surface area contributed by atoms with Crippen LogP contribution in [0.2, 0.25) is 0 Å². The lowest BCUT2D eigenvalue weighted by Gasteiger charge is -2.20. The van der Waals surface area contributed by atoms with Crippen LogP contribution in [0.1, 0.15) is 38.3 Å². The van der Waals surface area contributed by atoms with Gasteiger partial charge in [-0.3, -0.25) is 4.98 Å². The quantitative estimate of drug-likeness (QED) is 0.752. The molecule has 1 atom stereocenters. The maximum Gasteiger partial charge on any atom is 0.122 e. The first-order valence-electron chi connectivity index (χ1n) is 5.72. The number of hydrogen-bond donors (Lipinski definition) is 0. The molecule has 0 unspecified atom stereocenters. The van der Waals surface area contributed by atoms with Gasteiger partial charge in [-0.25, -0.2) is 0 Å². The first-order valence-corrected chi connectivity index (χ1v) is 5.72. The molecule has 0 N–H and O–H groups in total. The predicted molar refractivity (Wildman–Crippen MR) is 61.1 cm³/mol. The summed E-state index contributed by atoms with van der Waals surface area (Å²) in [5, 5.41) is 0. The van der Waals surface area contributed by atoms with Crippen molar-refractivity contribution in [3.8, 4) is 5.75 Å². The predicted octanol–water partition coefficient (Wildman–Crippen LogP) is 3.24. The van der Waals surface area contributed by atoms with Crippen LogP contribution in [0.4, 0.5) is 0 Å². The highest BCUT2D eigenvalue weighted by molar-refractivity contribution is 5.26. The Bertz CT molecular complexity index is 329. The van der Waals surface area contributed by atoms with Crippen molar-refractivity contribution in [1.29, 1.82) is 0 Å². The van der Waals surface area contributed by atoms with Crippen LogP contribution >= 0.6 is 0 Å². The molecule has 15 heavy (non-hydrogen) atoms. The van der Waals surface area contributed by atoms with Gasteiger partial charge in [0.1, 0.15) is 5.75 Å². The highest BCUT2D eigenvalue weighted by Crippen LogP contribution is 2.46. The molecule has 0 bridgehead atoms. The van der Waals surface area contributed by atoms with Crippen LogP contribution in [0.5, 0.6) is 5.75 Å². The summed E-state index contributed by atoms with van der Waals surface area (Å²) < 4.78 is 5.24. The second kappa shape index (κ2) is 4.21. The van der Waals surface area contributed by atoms with Crippen LogP contribution in [0.25, 0.3) is 0 Å². The Kier molecular flexibility index (Phi) is 2.94. The molecule has 1 aliphatic rings. The minimum Gasteiger partial charge on any atom is -0.497 e. The number of nitrogens with zero attached hydrogens (tertiary/aromatic N) is 1. The van der Waals surface area contributed by atoms with E-state index in [1.807, 2.05) is 12.3 Å². The van der Waals surface area contributed by atoms with Crippen molar-refractivity contribution in [1.82, 2.24) is 4.98 Å². The van der Waals surface area contributed by atoms with E-state index in [4.69, 9.17) is 4.74 Å². The molecular formula is C13H19NO. The van der Waals surface area contributed by atoms with Crippen LogP contribution < -0.4 is 4.74 Å². The molecule has 82 valence electrons. The van der Waals surface area contributed by atoms with Gasteiger partial charge in [-0.1, -0.05) is 13.8 Å². The van der Waals surface area contributed by atoms with Crippen molar-refractivity contribution in [3.05, 3.63) is 24.0 Å². The van der Waals surface area contributed by atoms with Gasteiger partial charge in [-0.2, -0.15) is 0 Å². The maximum absolute atomic E-state index is 5.24. The number of methoxy groups -OCH3 is 1. The smallest absolute Gasteiger partial charge is 0.122 e. The van der Waals surface area contributed by atoms with Crippen molar-refractivity contribution in [3.63, 3.8) is 0 Å². The third kappa shape index (κ3) is 2.31. The SMILES string of the molecule is COc1ccnc([C@@H](C(C)C)C2CC2)c1. The Morgan fingerprint density at radius 3 is 2.67 bits per heavy atom. The second-order valence-electron chi connectivity index (χ2n) is 4.73. The Morgan fingerprint density at radius 2 is 2.13 bits per heavy atom. The monoisotopic (exact) mass is 205 g/mol. The standard InChI is InChI=1S/C13H19NO/c1-9(2)13(10-4-5-10)12-8-11(15-3)6-7-14-12/h6-10,13H,4-5H2,1-3H3/t13-/m0/s1. The summed E-state index contributed by atoms with van der Waals surface area (Å²) in [4.78, 5) is 4.49. The molecule has 0 saturated heterocycles. The van der Waals surface area contributed by atoms with Crippen molar-refractivity contribution in [2.45, 2.75) is 32.6 Å². The fraction of sp³-hybridized carbons (Fsp3) is 0.615. The first kappa shape index (κ1) is 10.5. The average molecular weight is 205 g/mol. The molecule has 2 nitrogen and oxygen atoms in total. The lowest BCUT2D eigenvalue weighted by atomic mass is 9.87. The van der Waals surface area contributed by atoms with Crippen molar-refractivity contribution < 1.29 is 4.74 Å². The van der Waals surface area contributed by atoms with Gasteiger partial charge in [0.25, 0.3) is 0 Å². The zero-order valence-corrected chi connectivity index (χ0v) is 9.73. The van der Waals surface area contributed by atoms with E-state index < -0.39 is 0 Å². The molecule has 2 rings (SSSR count). The van der Waals surface area contributed by atoms with E-state index in [1.165, 1.54) is 18.5 Å². The molecule has 2 heteroatoms. The Labute approximate surface area is 91.7 Å². The Hall–Kier alpha value is -1.05. The molecule has 0 amide bonds. The maximum atomic E-state index is 5.24. The van der Waals surface area contributed by atoms with E-state index in [-0.39, 0.29) is 0 Å². The molecule has 1 saturated carbocycles. The van der Waals surface area contributed by atoms with E-state index >= 15 is 0 Å². The summed E-state index contributed by atoms with van der Waals surface area (Å²) in [6, 6.07) is 4.00. The highest BCUT2D eigenvalue weighted by atomic mass is 16.5. The third-order valence-corrected chi connectivity index (χ3v) is 3.18. The Balaban J connectivity index is 2.24. The summed E-state index contributed by atoms with van der Waals surface area (Å²) in [5.41, 5.74) is 1.20. The van der Waals surface area contributed by atoms with Gasteiger partial charge >= 0.3 is 0 Å². The molecule has 1 aliphatic carbocycles. The van der Waals surface area contributed by atoms with Crippen molar-refractivity contribution in [2.75, 3.05) is 7.11 Å². The van der Waals surface area contributed by atoms with Gasteiger partial charge in [0.05, 0.1) is 7.11 Å². The molecule has 0 spiro atoms. The minimum atomic E-state index is 0.611. The number of aromatic nitrogens is 1. The molecule has 1 fully saturated rings. The summed E-state index contributed by atoms with van der Waals surface area (Å²) in [7, 11) is 1.71. The lowest BCUT2D eigenvalue weighted by Crippen LogP contribution is -2.10. The van der Waals surface area contributed by atoms with E-state index in [9.17, 15) is 0 Å². The lowest BCUT2D eigenvalue weighted by molar-refractivity contribution is 0.405. The largest absolute Gasteiger partial charge is 0.497 e. The minimum absolute atomic E-state index is 0.611. The van der Waals surface area contributed by atoms with Gasteiger partial charge in [0.2, 0.25) is 0 Å². The summed E-state index contributed by atoms with van der Waals surface area (Å²) in [6.45, 7) is 4.56. The van der Waals surface area contributed by atoms with Crippen LogP contribution in [0.3, 0.4) is 0 Å². The second-order valence-corrected chi connectivity index (χ2v) is 4.73. The van der Waals surface area contributed by atoms with Crippen LogP contribution in [-0.4, -0.2) is 12.1 Å². The third-order valence-electron chi connectivity index (χ3n) is 3.18. The van der Waals surface area contributed by atoms with E-state index in [0.29, 0.717) is 11.8 Å². The van der Waals surface area contributed by atoms with Gasteiger partial charge in [0.15, 0.2) is 0 Å². The summed E-state index contributed by atoms with van der Waals surface area (Å²) >= 11 is 0. The fourth-order valence-electron chi connectivity index (χ4n) is 2.32. The van der Waals surface area contributed by atoms with Gasteiger partial charge < -0.3 is 4.74 Å². The first-order chi connectivity index (χ1) is 7.22. The number of ether oxygens (including phenoxy) is 1. The molecule has 0 aliphatic heterocycles. The molecule has 0 radical (unpaired) electrons. The molecular weight excluding hydrogens is 186 g/mol. The van der Waals surface area contributed by atoms with Crippen molar-refractivity contribution in [2.24, 2.45) is 11.8 Å². The summed E-state index contributed by atoms with van der Waals surface area (Å²) in [5.74, 6) is 3.05. The van der Waals surface area contributed by atoms with Crippen LogP contribution in [0.15, 0.2) is 18.3 Å². The number of hydrogen-bond acceptors (Lipinski definition) is 2. The van der Waals surface area contributed by atoms with Gasteiger partial charge in [0, 0.05) is 23.9 Å². The topological polar surface area (TPSA) is 22.1 Å². The summed E-state index contributed by atoms with van der Waals surface area (Å²) in [6.07, 6.45) is 4.58. The molecule has 1 aromatic rings.